The number of ether oxygens (including phenoxy) is 1. The Labute approximate surface area is 72.9 Å². The number of aryl methyl sites for hydroxylation is 1. The van der Waals surface area contributed by atoms with Crippen molar-refractivity contribution in [1.29, 1.82) is 0 Å². The van der Waals surface area contributed by atoms with Gasteiger partial charge < -0.3 is 4.74 Å². The van der Waals surface area contributed by atoms with Crippen LogP contribution in [0.4, 0.5) is 0 Å². The molecule has 0 fully saturated rings. The Bertz CT molecular complexity index is 325. The highest BCUT2D eigenvalue weighted by molar-refractivity contribution is 7.49. The summed E-state index contributed by atoms with van der Waals surface area (Å²) in [7, 11) is 0.336. The molecule has 1 aliphatic heterocycles. The van der Waals surface area contributed by atoms with E-state index in [4.69, 9.17) is 16.2 Å². The summed E-state index contributed by atoms with van der Waals surface area (Å²) in [5.41, 5.74) is 11.5. The van der Waals surface area contributed by atoms with Crippen LogP contribution in [0.1, 0.15) is 5.56 Å². The van der Waals surface area contributed by atoms with E-state index in [1.54, 1.807) is 0 Å². The van der Waals surface area contributed by atoms with Crippen molar-refractivity contribution in [2.24, 2.45) is 11.5 Å². The van der Waals surface area contributed by atoms with Crippen molar-refractivity contribution in [1.82, 2.24) is 0 Å². The lowest BCUT2D eigenvalue weighted by Gasteiger charge is -2.16. The van der Waals surface area contributed by atoms with Crippen LogP contribution in [0.25, 0.3) is 0 Å². The fraction of sp³-hybridized carbons (Fsp3) is 0.250. The van der Waals surface area contributed by atoms with Crippen LogP contribution in [0.2, 0.25) is 0 Å². The molecule has 0 spiro atoms. The van der Waals surface area contributed by atoms with E-state index in [1.807, 2.05) is 19.1 Å². The van der Waals surface area contributed by atoms with Gasteiger partial charge >= 0.3 is 0 Å². The summed E-state index contributed by atoms with van der Waals surface area (Å²) in [5.74, 6) is 0.823. The number of rotatable bonds is 0. The average Bonchev–Trinajstić information content (AvgIpc) is 2.21. The second-order valence-electron chi connectivity index (χ2n) is 3.02. The lowest BCUT2D eigenvalue weighted by molar-refractivity contribution is 0.188. The van der Waals surface area contributed by atoms with E-state index in [0.29, 0.717) is 8.58 Å². The van der Waals surface area contributed by atoms with E-state index >= 15 is 0 Å². The summed E-state index contributed by atoms with van der Waals surface area (Å²) >= 11 is 0. The monoisotopic (exact) mass is 182 g/mol. The van der Waals surface area contributed by atoms with Gasteiger partial charge in [0.25, 0.3) is 0 Å². The fourth-order valence-electron chi connectivity index (χ4n) is 1.25. The smallest absolute Gasteiger partial charge is 0.232 e. The van der Waals surface area contributed by atoms with Gasteiger partial charge in [-0.1, -0.05) is 11.6 Å². The third-order valence-electron chi connectivity index (χ3n) is 1.74. The highest BCUT2D eigenvalue weighted by Gasteiger charge is 2.31. The van der Waals surface area contributed by atoms with Crippen LogP contribution in [0.15, 0.2) is 18.2 Å². The largest absolute Gasteiger partial charge is 0.456 e. The van der Waals surface area contributed by atoms with Gasteiger partial charge in [-0.05, 0) is 27.6 Å². The fourth-order valence-corrected chi connectivity index (χ4v) is 2.39. The quantitative estimate of drug-likeness (QED) is 0.445. The first kappa shape index (κ1) is 7.99. The normalized spacial score (nSPS) is 20.6. The summed E-state index contributed by atoms with van der Waals surface area (Å²) in [6.45, 7) is 2.04. The lowest BCUT2D eigenvalue weighted by Crippen LogP contribution is -2.48. The third-order valence-corrected chi connectivity index (χ3v) is 2.90. The van der Waals surface area contributed by atoms with Crippen LogP contribution >= 0.6 is 8.58 Å². The van der Waals surface area contributed by atoms with Gasteiger partial charge in [0.15, 0.2) is 0 Å². The Morgan fingerprint density at radius 2 is 2.17 bits per heavy atom. The van der Waals surface area contributed by atoms with E-state index < -0.39 is 5.59 Å². The number of hydrogen-bond acceptors (Lipinski definition) is 3. The third kappa shape index (κ3) is 1.31. The number of hydrogen-bond donors (Lipinski definition) is 2. The van der Waals surface area contributed by atoms with Crippen molar-refractivity contribution in [3.05, 3.63) is 23.8 Å². The molecule has 2 rings (SSSR count). The molecule has 0 saturated carbocycles. The van der Waals surface area contributed by atoms with E-state index in [1.165, 1.54) is 5.56 Å². The number of fused-ring (bicyclic) bond motifs is 1. The zero-order valence-electron chi connectivity index (χ0n) is 6.79. The molecule has 4 N–H and O–H groups in total. The Kier molecular flexibility index (Phi) is 1.62. The van der Waals surface area contributed by atoms with Gasteiger partial charge in [0, 0.05) is 5.30 Å². The van der Waals surface area contributed by atoms with Gasteiger partial charge in [0.2, 0.25) is 5.59 Å². The van der Waals surface area contributed by atoms with Gasteiger partial charge in [-0.2, -0.15) is 0 Å². The minimum absolute atomic E-state index is 0.336. The van der Waals surface area contributed by atoms with Crippen LogP contribution in [0.5, 0.6) is 5.75 Å². The topological polar surface area (TPSA) is 61.3 Å². The molecule has 4 heteroatoms. The van der Waals surface area contributed by atoms with Crippen molar-refractivity contribution in [3.63, 3.8) is 0 Å². The summed E-state index contributed by atoms with van der Waals surface area (Å²) in [6.07, 6.45) is 0. The van der Waals surface area contributed by atoms with E-state index in [9.17, 15) is 0 Å². The van der Waals surface area contributed by atoms with Crippen LogP contribution in [0, 0.1) is 6.92 Å². The minimum atomic E-state index is -0.976. The molecule has 0 aliphatic carbocycles. The van der Waals surface area contributed by atoms with E-state index in [2.05, 4.69) is 6.07 Å². The molecule has 0 aromatic heterocycles. The van der Waals surface area contributed by atoms with Crippen LogP contribution < -0.4 is 21.5 Å². The van der Waals surface area contributed by atoms with Crippen molar-refractivity contribution in [2.75, 3.05) is 0 Å². The van der Waals surface area contributed by atoms with Crippen molar-refractivity contribution < 1.29 is 4.74 Å². The van der Waals surface area contributed by atoms with Crippen molar-refractivity contribution >= 4 is 13.9 Å². The average molecular weight is 182 g/mol. The summed E-state index contributed by atoms with van der Waals surface area (Å²) < 4.78 is 5.32. The number of benzene rings is 1. The molecule has 1 unspecified atom stereocenters. The Balaban J connectivity index is 2.43. The first-order valence-corrected chi connectivity index (χ1v) is 4.72. The highest BCUT2D eigenvalue weighted by Crippen LogP contribution is 2.35. The second-order valence-corrected chi connectivity index (χ2v) is 4.59. The summed E-state index contributed by atoms with van der Waals surface area (Å²) in [5, 5.41) is 1.13. The highest BCUT2D eigenvalue weighted by atomic mass is 31.1. The van der Waals surface area contributed by atoms with Crippen molar-refractivity contribution in [2.45, 2.75) is 12.5 Å². The Morgan fingerprint density at radius 3 is 2.92 bits per heavy atom. The second kappa shape index (κ2) is 2.43. The molecule has 1 aromatic carbocycles. The van der Waals surface area contributed by atoms with E-state index in [-0.39, 0.29) is 0 Å². The molecule has 3 nitrogen and oxygen atoms in total. The predicted molar refractivity (Wildman–Crippen MR) is 50.9 cm³/mol. The summed E-state index contributed by atoms with van der Waals surface area (Å²) in [4.78, 5) is 0. The molecule has 1 heterocycles. The molecular weight excluding hydrogens is 171 g/mol. The van der Waals surface area contributed by atoms with E-state index in [0.717, 1.165) is 11.1 Å². The zero-order valence-corrected chi connectivity index (χ0v) is 7.79. The molecule has 12 heavy (non-hydrogen) atoms. The molecule has 64 valence electrons. The predicted octanol–water partition coefficient (Wildman–Crippen LogP) is 0.220. The standard InChI is InChI=1S/C8H11N2OP/c1-5-2-3-6-7(4-5)12-8(9,10)11-6/h2-4,12H,9-10H2,1H3. The molecule has 0 amide bonds. The Hall–Kier alpha value is -0.630. The van der Waals surface area contributed by atoms with Crippen LogP contribution in [-0.4, -0.2) is 5.59 Å². The molecule has 1 atom stereocenters. The molecule has 0 saturated heterocycles. The van der Waals surface area contributed by atoms with Crippen LogP contribution in [-0.2, 0) is 0 Å². The maximum atomic E-state index is 5.65. The van der Waals surface area contributed by atoms with Gasteiger partial charge in [0.05, 0.1) is 0 Å². The SMILES string of the molecule is Cc1ccc2c(c1)PC(N)(N)O2. The maximum Gasteiger partial charge on any atom is 0.232 e. The molecule has 1 aliphatic rings. The van der Waals surface area contributed by atoms with Crippen molar-refractivity contribution in [3.8, 4) is 5.75 Å². The summed E-state index contributed by atoms with van der Waals surface area (Å²) in [6, 6.07) is 5.97. The zero-order chi connectivity index (χ0) is 8.77. The first-order valence-electron chi connectivity index (χ1n) is 3.72. The first-order chi connectivity index (χ1) is 5.57. The molecule has 1 aromatic rings. The van der Waals surface area contributed by atoms with Gasteiger partial charge in [-0.15, -0.1) is 0 Å². The molecular formula is C8H11N2OP. The lowest BCUT2D eigenvalue weighted by atomic mass is 10.2. The Morgan fingerprint density at radius 1 is 1.42 bits per heavy atom. The molecule has 0 bridgehead atoms. The van der Waals surface area contributed by atoms with Crippen LogP contribution in [0.3, 0.4) is 0 Å². The van der Waals surface area contributed by atoms with Gasteiger partial charge in [-0.3, -0.25) is 11.5 Å². The van der Waals surface area contributed by atoms with Gasteiger partial charge in [-0.25, -0.2) is 0 Å². The van der Waals surface area contributed by atoms with Gasteiger partial charge in [0.1, 0.15) is 5.75 Å². The minimum Gasteiger partial charge on any atom is -0.456 e. The number of nitrogens with two attached hydrogens (primary N) is 2. The maximum absolute atomic E-state index is 5.65. The molecule has 0 radical (unpaired) electrons.